The quantitative estimate of drug-likeness (QED) is 0.802. The minimum Gasteiger partial charge on any atom is -0.480 e. The summed E-state index contributed by atoms with van der Waals surface area (Å²) in [6, 6.07) is 5.94. The number of carboxylic acids is 1. The van der Waals surface area contributed by atoms with E-state index in [2.05, 4.69) is 5.32 Å². The minimum atomic E-state index is -1.40. The smallest absolute Gasteiger partial charge is 0.318 e. The SMILES string of the molecule is Cc1ccc(CNC(=O)C(C)(C)C(=O)O)c(C)c1. The number of aliphatic carboxylic acids is 1. The first-order valence-electron chi connectivity index (χ1n) is 5.83. The third-order valence-electron chi connectivity index (χ3n) is 3.04. The van der Waals surface area contributed by atoms with Gasteiger partial charge in [0.25, 0.3) is 0 Å². The van der Waals surface area contributed by atoms with Crippen molar-refractivity contribution in [3.8, 4) is 0 Å². The van der Waals surface area contributed by atoms with Gasteiger partial charge in [0.2, 0.25) is 5.91 Å². The van der Waals surface area contributed by atoms with Crippen LogP contribution in [-0.2, 0) is 16.1 Å². The van der Waals surface area contributed by atoms with Gasteiger partial charge in [0.1, 0.15) is 5.41 Å². The van der Waals surface area contributed by atoms with E-state index in [9.17, 15) is 9.59 Å². The Morgan fingerprint density at radius 1 is 1.28 bits per heavy atom. The summed E-state index contributed by atoms with van der Waals surface area (Å²) < 4.78 is 0. The molecule has 98 valence electrons. The van der Waals surface area contributed by atoms with E-state index in [1.165, 1.54) is 13.8 Å². The maximum Gasteiger partial charge on any atom is 0.318 e. The molecule has 4 nitrogen and oxygen atoms in total. The molecule has 4 heteroatoms. The second-order valence-corrected chi connectivity index (χ2v) is 5.04. The highest BCUT2D eigenvalue weighted by Gasteiger charge is 2.35. The number of carbonyl (C=O) groups is 2. The maximum absolute atomic E-state index is 11.8. The first-order chi connectivity index (χ1) is 8.25. The number of aryl methyl sites for hydroxylation is 2. The molecule has 0 saturated heterocycles. The third kappa shape index (κ3) is 3.09. The highest BCUT2D eigenvalue weighted by molar-refractivity contribution is 6.00. The molecule has 0 saturated carbocycles. The lowest BCUT2D eigenvalue weighted by Gasteiger charge is -2.18. The molecule has 18 heavy (non-hydrogen) atoms. The van der Waals surface area contributed by atoms with Crippen molar-refractivity contribution in [1.82, 2.24) is 5.32 Å². The van der Waals surface area contributed by atoms with Crippen molar-refractivity contribution in [2.45, 2.75) is 34.2 Å². The fraction of sp³-hybridized carbons (Fsp3) is 0.429. The monoisotopic (exact) mass is 249 g/mol. The molecule has 1 rings (SSSR count). The predicted octanol–water partition coefficient (Wildman–Crippen LogP) is 2.03. The maximum atomic E-state index is 11.8. The van der Waals surface area contributed by atoms with Gasteiger partial charge in [-0.15, -0.1) is 0 Å². The van der Waals surface area contributed by atoms with Gasteiger partial charge in [-0.05, 0) is 38.8 Å². The van der Waals surface area contributed by atoms with E-state index < -0.39 is 17.3 Å². The van der Waals surface area contributed by atoms with Crippen LogP contribution in [-0.4, -0.2) is 17.0 Å². The Kier molecular flexibility index (Phi) is 4.11. The van der Waals surface area contributed by atoms with Crippen molar-refractivity contribution in [1.29, 1.82) is 0 Å². The van der Waals surface area contributed by atoms with Crippen LogP contribution in [0.2, 0.25) is 0 Å². The molecule has 0 bridgehead atoms. The van der Waals surface area contributed by atoms with Crippen molar-refractivity contribution in [2.24, 2.45) is 5.41 Å². The first kappa shape index (κ1) is 14.2. The van der Waals surface area contributed by atoms with Crippen LogP contribution in [0.3, 0.4) is 0 Å². The molecule has 0 spiro atoms. The Morgan fingerprint density at radius 3 is 2.39 bits per heavy atom. The lowest BCUT2D eigenvalue weighted by atomic mass is 9.92. The second-order valence-electron chi connectivity index (χ2n) is 5.04. The summed E-state index contributed by atoms with van der Waals surface area (Å²) in [5, 5.41) is 11.6. The Balaban J connectivity index is 2.71. The van der Waals surface area contributed by atoms with Gasteiger partial charge in [0.05, 0.1) is 0 Å². The molecule has 0 unspecified atom stereocenters. The number of hydrogen-bond donors (Lipinski definition) is 2. The van der Waals surface area contributed by atoms with Gasteiger partial charge in [0, 0.05) is 6.54 Å². The number of amides is 1. The van der Waals surface area contributed by atoms with Gasteiger partial charge in [0.15, 0.2) is 0 Å². The van der Waals surface area contributed by atoms with Gasteiger partial charge >= 0.3 is 5.97 Å². The summed E-state index contributed by atoms with van der Waals surface area (Å²) in [6.07, 6.45) is 0. The number of nitrogens with one attached hydrogen (secondary N) is 1. The Labute approximate surface area is 107 Å². The summed E-state index contributed by atoms with van der Waals surface area (Å²) in [4.78, 5) is 22.7. The van der Waals surface area contributed by atoms with Crippen molar-refractivity contribution >= 4 is 11.9 Å². The van der Waals surface area contributed by atoms with Crippen molar-refractivity contribution in [3.05, 3.63) is 34.9 Å². The van der Waals surface area contributed by atoms with Crippen molar-refractivity contribution in [3.63, 3.8) is 0 Å². The standard InChI is InChI=1S/C14H19NO3/c1-9-5-6-11(10(2)7-9)8-15-12(16)14(3,4)13(17)18/h5-7H,8H2,1-4H3,(H,15,16)(H,17,18). The van der Waals surface area contributed by atoms with Gasteiger partial charge in [-0.3, -0.25) is 9.59 Å². The normalized spacial score (nSPS) is 11.1. The highest BCUT2D eigenvalue weighted by atomic mass is 16.4. The molecular formula is C14H19NO3. The van der Waals surface area contributed by atoms with Gasteiger partial charge in [-0.1, -0.05) is 23.8 Å². The zero-order valence-electron chi connectivity index (χ0n) is 11.2. The highest BCUT2D eigenvalue weighted by Crippen LogP contribution is 2.16. The molecular weight excluding hydrogens is 230 g/mol. The molecule has 0 aliphatic heterocycles. The van der Waals surface area contributed by atoms with Crippen LogP contribution in [0.5, 0.6) is 0 Å². The van der Waals surface area contributed by atoms with Crippen LogP contribution in [0.25, 0.3) is 0 Å². The average Bonchev–Trinajstić information content (AvgIpc) is 2.27. The average molecular weight is 249 g/mol. The van der Waals surface area contributed by atoms with Crippen LogP contribution in [0.4, 0.5) is 0 Å². The minimum absolute atomic E-state index is 0.349. The molecule has 0 heterocycles. The van der Waals surface area contributed by atoms with Crippen LogP contribution in [0.15, 0.2) is 18.2 Å². The zero-order valence-corrected chi connectivity index (χ0v) is 11.2. The molecule has 1 aromatic carbocycles. The van der Waals surface area contributed by atoms with Crippen LogP contribution in [0.1, 0.15) is 30.5 Å². The summed E-state index contributed by atoms with van der Waals surface area (Å²) in [5.41, 5.74) is 1.84. The lowest BCUT2D eigenvalue weighted by molar-refractivity contribution is -0.153. The lowest BCUT2D eigenvalue weighted by Crippen LogP contribution is -2.42. The molecule has 0 aliphatic rings. The molecule has 0 atom stereocenters. The molecule has 2 N–H and O–H groups in total. The van der Waals surface area contributed by atoms with E-state index in [1.807, 2.05) is 32.0 Å². The summed E-state index contributed by atoms with van der Waals surface area (Å²) in [6.45, 7) is 7.11. The topological polar surface area (TPSA) is 66.4 Å². The van der Waals surface area contributed by atoms with Crippen molar-refractivity contribution < 1.29 is 14.7 Å². The number of carbonyl (C=O) groups excluding carboxylic acids is 1. The molecule has 1 amide bonds. The first-order valence-corrected chi connectivity index (χ1v) is 5.83. The molecule has 0 radical (unpaired) electrons. The predicted molar refractivity (Wildman–Crippen MR) is 69.2 cm³/mol. The van der Waals surface area contributed by atoms with Crippen LogP contribution >= 0.6 is 0 Å². The Hall–Kier alpha value is -1.84. The molecule has 0 fully saturated rings. The van der Waals surface area contributed by atoms with Gasteiger partial charge in [-0.2, -0.15) is 0 Å². The third-order valence-corrected chi connectivity index (χ3v) is 3.04. The largest absolute Gasteiger partial charge is 0.480 e. The Morgan fingerprint density at radius 2 is 1.89 bits per heavy atom. The number of carboxylic acid groups (broad SMARTS) is 1. The number of hydrogen-bond acceptors (Lipinski definition) is 2. The Bertz CT molecular complexity index is 478. The fourth-order valence-electron chi connectivity index (χ4n) is 1.54. The second kappa shape index (κ2) is 5.21. The van der Waals surface area contributed by atoms with Crippen molar-refractivity contribution in [2.75, 3.05) is 0 Å². The van der Waals surface area contributed by atoms with E-state index >= 15 is 0 Å². The van der Waals surface area contributed by atoms with Crippen LogP contribution < -0.4 is 5.32 Å². The van der Waals surface area contributed by atoms with E-state index in [4.69, 9.17) is 5.11 Å². The summed E-state index contributed by atoms with van der Waals surface area (Å²) >= 11 is 0. The fourth-order valence-corrected chi connectivity index (χ4v) is 1.54. The van der Waals surface area contributed by atoms with Gasteiger partial charge in [-0.25, -0.2) is 0 Å². The van der Waals surface area contributed by atoms with E-state index in [0.717, 1.165) is 16.7 Å². The molecule has 1 aromatic rings. The molecule has 0 aliphatic carbocycles. The van der Waals surface area contributed by atoms with Gasteiger partial charge < -0.3 is 10.4 Å². The number of benzene rings is 1. The molecule has 0 aromatic heterocycles. The zero-order chi connectivity index (χ0) is 13.9. The van der Waals surface area contributed by atoms with E-state index in [0.29, 0.717) is 6.54 Å². The summed E-state index contributed by atoms with van der Waals surface area (Å²) in [7, 11) is 0. The number of rotatable bonds is 4. The summed E-state index contributed by atoms with van der Waals surface area (Å²) in [5.74, 6) is -1.60. The van der Waals surface area contributed by atoms with E-state index in [-0.39, 0.29) is 0 Å². The van der Waals surface area contributed by atoms with E-state index in [1.54, 1.807) is 0 Å². The van der Waals surface area contributed by atoms with Crippen LogP contribution in [0, 0.1) is 19.3 Å².